The Morgan fingerprint density at radius 2 is 2.25 bits per heavy atom. The summed E-state index contributed by atoms with van der Waals surface area (Å²) < 4.78 is 11.3. The van der Waals surface area contributed by atoms with Gasteiger partial charge in [0.15, 0.2) is 0 Å². The van der Waals surface area contributed by atoms with Crippen LogP contribution in [0, 0.1) is 5.92 Å². The maximum absolute atomic E-state index is 5.97. The van der Waals surface area contributed by atoms with Crippen LogP contribution in [0.15, 0.2) is 24.3 Å². The number of hydrogen-bond donors (Lipinski definition) is 0. The van der Waals surface area contributed by atoms with Gasteiger partial charge < -0.3 is 9.47 Å². The molecule has 0 aliphatic carbocycles. The number of hydrogen-bond acceptors (Lipinski definition) is 3. The molecule has 3 rings (SSSR count). The Morgan fingerprint density at radius 3 is 3.00 bits per heavy atom. The fourth-order valence-corrected chi connectivity index (χ4v) is 3.32. The quantitative estimate of drug-likeness (QED) is 0.844. The Hall–Kier alpha value is -1.48. The standard InChI is InChI=1S/C17H23NO2/c1-4-7-18-10-12(2)8-14-15-9-13(19-3)5-6-17(15)20-11-16(14)18/h5-6,8-9,12,16H,4,7,10-11H2,1-3H3/t12-,16-/m1/s1. The molecular weight excluding hydrogens is 250 g/mol. The van der Waals surface area contributed by atoms with E-state index in [2.05, 4.69) is 30.9 Å². The van der Waals surface area contributed by atoms with Crippen molar-refractivity contribution < 1.29 is 9.47 Å². The lowest BCUT2D eigenvalue weighted by Crippen LogP contribution is -2.47. The van der Waals surface area contributed by atoms with Gasteiger partial charge >= 0.3 is 0 Å². The normalized spacial score (nSPS) is 25.2. The third-order valence-electron chi connectivity index (χ3n) is 4.19. The van der Waals surface area contributed by atoms with Gasteiger partial charge in [0, 0.05) is 12.1 Å². The lowest BCUT2D eigenvalue weighted by molar-refractivity contribution is 0.143. The van der Waals surface area contributed by atoms with Crippen LogP contribution in [0.25, 0.3) is 5.57 Å². The van der Waals surface area contributed by atoms with E-state index in [0.29, 0.717) is 12.0 Å². The molecule has 20 heavy (non-hydrogen) atoms. The highest BCUT2D eigenvalue weighted by atomic mass is 16.5. The van der Waals surface area contributed by atoms with E-state index >= 15 is 0 Å². The Balaban J connectivity index is 2.01. The smallest absolute Gasteiger partial charge is 0.127 e. The van der Waals surface area contributed by atoms with Crippen LogP contribution in [-0.2, 0) is 0 Å². The van der Waals surface area contributed by atoms with Crippen LogP contribution in [0.3, 0.4) is 0 Å². The zero-order chi connectivity index (χ0) is 14.1. The van der Waals surface area contributed by atoms with Crippen molar-refractivity contribution in [3.8, 4) is 11.5 Å². The fraction of sp³-hybridized carbons (Fsp3) is 0.529. The van der Waals surface area contributed by atoms with Crippen LogP contribution in [-0.4, -0.2) is 37.7 Å². The van der Waals surface area contributed by atoms with Crippen LogP contribution in [0.1, 0.15) is 25.8 Å². The predicted molar refractivity (Wildman–Crippen MR) is 81.3 cm³/mol. The zero-order valence-corrected chi connectivity index (χ0v) is 12.6. The fourth-order valence-electron chi connectivity index (χ4n) is 3.32. The third kappa shape index (κ3) is 2.31. The van der Waals surface area contributed by atoms with Crippen LogP contribution in [0.2, 0.25) is 0 Å². The second kappa shape index (κ2) is 5.49. The molecule has 2 aliphatic heterocycles. The summed E-state index contributed by atoms with van der Waals surface area (Å²) in [6.07, 6.45) is 3.60. The van der Waals surface area contributed by atoms with Crippen molar-refractivity contribution in [2.24, 2.45) is 5.92 Å². The van der Waals surface area contributed by atoms with Crippen LogP contribution >= 0.6 is 0 Å². The molecule has 0 amide bonds. The summed E-state index contributed by atoms with van der Waals surface area (Å²) in [6, 6.07) is 6.49. The molecule has 0 N–H and O–H groups in total. The summed E-state index contributed by atoms with van der Waals surface area (Å²) in [5.41, 5.74) is 2.62. The highest BCUT2D eigenvalue weighted by Gasteiger charge is 2.33. The number of rotatable bonds is 3. The van der Waals surface area contributed by atoms with Gasteiger partial charge in [0.2, 0.25) is 0 Å². The van der Waals surface area contributed by atoms with Gasteiger partial charge in [-0.1, -0.05) is 19.9 Å². The van der Waals surface area contributed by atoms with E-state index in [-0.39, 0.29) is 0 Å². The SMILES string of the molecule is CCCN1C[C@H](C)C=C2c3cc(OC)ccc3OC[C@H]21. The first-order chi connectivity index (χ1) is 9.72. The van der Waals surface area contributed by atoms with Crippen LogP contribution < -0.4 is 9.47 Å². The van der Waals surface area contributed by atoms with Crippen molar-refractivity contribution in [3.05, 3.63) is 29.8 Å². The number of ether oxygens (including phenoxy) is 2. The highest BCUT2D eigenvalue weighted by molar-refractivity contribution is 5.77. The first kappa shape index (κ1) is 13.5. The van der Waals surface area contributed by atoms with E-state index in [1.54, 1.807) is 7.11 Å². The second-order valence-corrected chi connectivity index (χ2v) is 5.78. The number of nitrogens with zero attached hydrogens (tertiary/aromatic N) is 1. The number of benzene rings is 1. The van der Waals surface area contributed by atoms with E-state index in [9.17, 15) is 0 Å². The summed E-state index contributed by atoms with van der Waals surface area (Å²) >= 11 is 0. The summed E-state index contributed by atoms with van der Waals surface area (Å²) in [4.78, 5) is 2.56. The van der Waals surface area contributed by atoms with Crippen LogP contribution in [0.4, 0.5) is 0 Å². The van der Waals surface area contributed by atoms with Gasteiger partial charge in [-0.3, -0.25) is 4.90 Å². The Kier molecular flexibility index (Phi) is 3.70. The van der Waals surface area contributed by atoms with Crippen molar-refractivity contribution in [3.63, 3.8) is 0 Å². The minimum absolute atomic E-state index is 0.394. The van der Waals surface area contributed by atoms with Crippen molar-refractivity contribution in [2.75, 3.05) is 26.8 Å². The summed E-state index contributed by atoms with van der Waals surface area (Å²) in [5, 5.41) is 0. The highest BCUT2D eigenvalue weighted by Crippen LogP contribution is 2.40. The van der Waals surface area contributed by atoms with E-state index in [4.69, 9.17) is 9.47 Å². The zero-order valence-electron chi connectivity index (χ0n) is 12.6. The molecule has 0 saturated heterocycles. The molecule has 2 heterocycles. The molecule has 0 aromatic heterocycles. The van der Waals surface area contributed by atoms with Crippen LogP contribution in [0.5, 0.6) is 11.5 Å². The van der Waals surface area contributed by atoms with E-state index in [0.717, 1.165) is 31.2 Å². The van der Waals surface area contributed by atoms with Gasteiger partial charge in [-0.05, 0) is 42.7 Å². The van der Waals surface area contributed by atoms with Crippen molar-refractivity contribution in [1.29, 1.82) is 0 Å². The maximum atomic E-state index is 5.97. The molecule has 108 valence electrons. The lowest BCUT2D eigenvalue weighted by atomic mass is 9.87. The molecule has 3 heteroatoms. The largest absolute Gasteiger partial charge is 0.497 e. The van der Waals surface area contributed by atoms with E-state index < -0.39 is 0 Å². The number of fused-ring (bicyclic) bond motifs is 3. The predicted octanol–water partition coefficient (Wildman–Crippen LogP) is 3.20. The van der Waals surface area contributed by atoms with Gasteiger partial charge in [-0.2, -0.15) is 0 Å². The maximum Gasteiger partial charge on any atom is 0.127 e. The average molecular weight is 273 g/mol. The first-order valence-electron chi connectivity index (χ1n) is 7.50. The second-order valence-electron chi connectivity index (χ2n) is 5.78. The van der Waals surface area contributed by atoms with Crippen molar-refractivity contribution in [2.45, 2.75) is 26.3 Å². The average Bonchev–Trinajstić information content (AvgIpc) is 2.46. The lowest BCUT2D eigenvalue weighted by Gasteiger charge is -2.41. The van der Waals surface area contributed by atoms with Crippen molar-refractivity contribution >= 4 is 5.57 Å². The summed E-state index contributed by atoms with van der Waals surface area (Å²) in [6.45, 7) is 7.56. The Bertz CT molecular complexity index is 524. The monoisotopic (exact) mass is 273 g/mol. The molecule has 0 fully saturated rings. The molecule has 0 saturated carbocycles. The molecule has 0 bridgehead atoms. The van der Waals surface area contributed by atoms with Crippen molar-refractivity contribution in [1.82, 2.24) is 4.90 Å². The molecule has 1 aromatic carbocycles. The Labute approximate surface area is 121 Å². The molecule has 2 aliphatic rings. The molecule has 2 atom stereocenters. The summed E-state index contributed by atoms with van der Waals surface area (Å²) in [7, 11) is 1.71. The topological polar surface area (TPSA) is 21.7 Å². The number of methoxy groups -OCH3 is 1. The third-order valence-corrected chi connectivity index (χ3v) is 4.19. The molecule has 3 nitrogen and oxygen atoms in total. The van der Waals surface area contributed by atoms with Gasteiger partial charge in [0.25, 0.3) is 0 Å². The molecule has 0 spiro atoms. The first-order valence-corrected chi connectivity index (χ1v) is 7.50. The van der Waals surface area contributed by atoms with Gasteiger partial charge in [-0.25, -0.2) is 0 Å². The molecule has 0 radical (unpaired) electrons. The minimum Gasteiger partial charge on any atom is -0.497 e. The molecule has 0 unspecified atom stereocenters. The molecular formula is C17H23NO2. The van der Waals surface area contributed by atoms with Gasteiger partial charge in [-0.15, -0.1) is 0 Å². The van der Waals surface area contributed by atoms with E-state index in [1.165, 1.54) is 17.6 Å². The van der Waals surface area contributed by atoms with E-state index in [1.807, 2.05) is 12.1 Å². The molecule has 1 aromatic rings. The van der Waals surface area contributed by atoms with Gasteiger partial charge in [0.1, 0.15) is 18.1 Å². The summed E-state index contributed by atoms with van der Waals surface area (Å²) in [5.74, 6) is 2.47. The minimum atomic E-state index is 0.394. The Morgan fingerprint density at radius 1 is 1.40 bits per heavy atom. The van der Waals surface area contributed by atoms with Gasteiger partial charge in [0.05, 0.1) is 13.2 Å².